The lowest BCUT2D eigenvalue weighted by Crippen LogP contribution is -2.56. The van der Waals surface area contributed by atoms with Crippen molar-refractivity contribution >= 4 is 61.9 Å². The normalized spacial score (nSPS) is 22.9. The molecular weight excluding hydrogens is 379 g/mol. The van der Waals surface area contributed by atoms with E-state index in [0.29, 0.717) is 11.3 Å². The Labute approximate surface area is 141 Å². The van der Waals surface area contributed by atoms with E-state index >= 15 is 0 Å². The minimum absolute atomic E-state index is 0.0287. The fraction of sp³-hybridized carbons (Fsp3) is 0.545. The zero-order chi connectivity index (χ0) is 15.7. The summed E-state index contributed by atoms with van der Waals surface area (Å²) >= 11 is 18.8. The molecule has 0 bridgehead atoms. The zero-order valence-corrected chi connectivity index (χ0v) is 14.6. The van der Waals surface area contributed by atoms with Gasteiger partial charge >= 0.3 is 0 Å². The topological polar surface area (TPSA) is 75.3 Å². The molecule has 118 valence electrons. The van der Waals surface area contributed by atoms with Gasteiger partial charge in [-0.1, -0.05) is 40.9 Å². The fourth-order valence-electron chi connectivity index (χ4n) is 1.99. The van der Waals surface area contributed by atoms with E-state index in [-0.39, 0.29) is 23.5 Å². The average Bonchev–Trinajstić information content (AvgIpc) is 2.96. The molecule has 10 heteroatoms. The summed E-state index contributed by atoms with van der Waals surface area (Å²) in [6, 6.07) is 3.04. The highest BCUT2D eigenvalue weighted by Crippen LogP contribution is 2.30. The summed E-state index contributed by atoms with van der Waals surface area (Å²) in [6.45, 7) is 0. The van der Waals surface area contributed by atoms with Crippen molar-refractivity contribution in [3.8, 4) is 0 Å². The SMILES string of the molecule is O=C(N[C@@H](N[C@@H]1CCS(=O)(=O)C1)C(Cl)(Cl)Cl)c1cccs1. The van der Waals surface area contributed by atoms with Gasteiger partial charge in [0, 0.05) is 6.04 Å². The molecule has 1 aromatic heterocycles. The number of thiophene rings is 1. The molecule has 0 aromatic carbocycles. The number of hydrogen-bond acceptors (Lipinski definition) is 5. The van der Waals surface area contributed by atoms with Crippen LogP contribution in [-0.2, 0) is 9.84 Å². The van der Waals surface area contributed by atoms with Crippen LogP contribution in [0.3, 0.4) is 0 Å². The summed E-state index contributed by atoms with van der Waals surface area (Å²) in [5.74, 6) is -0.315. The van der Waals surface area contributed by atoms with E-state index in [9.17, 15) is 13.2 Å². The highest BCUT2D eigenvalue weighted by Gasteiger charge is 2.38. The van der Waals surface area contributed by atoms with E-state index in [1.54, 1.807) is 17.5 Å². The minimum atomic E-state index is -3.06. The van der Waals surface area contributed by atoms with Crippen LogP contribution in [0.15, 0.2) is 17.5 Å². The van der Waals surface area contributed by atoms with E-state index in [1.807, 2.05) is 0 Å². The van der Waals surface area contributed by atoms with E-state index in [0.717, 1.165) is 0 Å². The van der Waals surface area contributed by atoms with Crippen LogP contribution >= 0.6 is 46.1 Å². The van der Waals surface area contributed by atoms with Crippen LogP contribution in [0.5, 0.6) is 0 Å². The van der Waals surface area contributed by atoms with Crippen LogP contribution in [0, 0.1) is 0 Å². The summed E-state index contributed by atoms with van der Waals surface area (Å²) in [4.78, 5) is 12.5. The fourth-order valence-corrected chi connectivity index (χ4v) is 4.66. The van der Waals surface area contributed by atoms with Crippen molar-refractivity contribution in [1.82, 2.24) is 10.6 Å². The molecular formula is C11H13Cl3N2O3S2. The van der Waals surface area contributed by atoms with Crippen LogP contribution < -0.4 is 10.6 Å². The van der Waals surface area contributed by atoms with E-state index in [4.69, 9.17) is 34.8 Å². The molecule has 1 aliphatic heterocycles. The highest BCUT2D eigenvalue weighted by molar-refractivity contribution is 7.91. The number of carbonyl (C=O) groups excluding carboxylic acids is 1. The molecule has 2 N–H and O–H groups in total. The molecule has 2 rings (SSSR count). The zero-order valence-electron chi connectivity index (χ0n) is 10.7. The standard InChI is InChI=1S/C11H13Cl3N2O3S2/c12-11(13,14)10(15-7-3-5-21(18,19)6-7)16-9(17)8-2-1-4-20-8/h1-2,4,7,10,15H,3,5-6H2,(H,16,17)/t7-,10-/m1/s1. The predicted octanol–water partition coefficient (Wildman–Crippen LogP) is 1.95. The quantitative estimate of drug-likeness (QED) is 0.607. The summed E-state index contributed by atoms with van der Waals surface area (Å²) < 4.78 is 21.1. The molecule has 2 heterocycles. The minimum Gasteiger partial charge on any atom is -0.332 e. The van der Waals surface area contributed by atoms with Gasteiger partial charge in [-0.15, -0.1) is 11.3 Å². The Balaban J connectivity index is 2.04. The lowest BCUT2D eigenvalue weighted by molar-refractivity contribution is 0.0931. The van der Waals surface area contributed by atoms with Crippen molar-refractivity contribution in [2.45, 2.75) is 22.4 Å². The van der Waals surface area contributed by atoms with E-state index in [2.05, 4.69) is 10.6 Å². The number of nitrogens with one attached hydrogen (secondary N) is 2. The predicted molar refractivity (Wildman–Crippen MR) is 86.1 cm³/mol. The average molecular weight is 392 g/mol. The van der Waals surface area contributed by atoms with E-state index < -0.39 is 19.8 Å². The van der Waals surface area contributed by atoms with Crippen LogP contribution in [0.4, 0.5) is 0 Å². The molecule has 0 saturated carbocycles. The van der Waals surface area contributed by atoms with Crippen LogP contribution in [0.1, 0.15) is 16.1 Å². The smallest absolute Gasteiger partial charge is 0.262 e. The van der Waals surface area contributed by atoms with Gasteiger partial charge in [0.1, 0.15) is 6.17 Å². The van der Waals surface area contributed by atoms with Gasteiger partial charge < -0.3 is 5.32 Å². The van der Waals surface area contributed by atoms with Crippen molar-refractivity contribution < 1.29 is 13.2 Å². The number of rotatable bonds is 4. The first-order valence-corrected chi connectivity index (χ1v) is 9.88. The maximum absolute atomic E-state index is 12.0. The Morgan fingerprint density at radius 3 is 2.62 bits per heavy atom. The van der Waals surface area contributed by atoms with E-state index in [1.165, 1.54) is 11.3 Å². The Morgan fingerprint density at radius 1 is 1.43 bits per heavy atom. The number of halogens is 3. The van der Waals surface area contributed by atoms with Gasteiger partial charge in [0.25, 0.3) is 5.91 Å². The molecule has 0 aliphatic carbocycles. The first kappa shape index (κ1) is 17.3. The van der Waals surface area contributed by atoms with Crippen LogP contribution in [0.25, 0.3) is 0 Å². The highest BCUT2D eigenvalue weighted by atomic mass is 35.6. The Hall–Kier alpha value is -0.0500. The molecule has 1 amide bonds. The molecule has 5 nitrogen and oxygen atoms in total. The first-order chi connectivity index (χ1) is 9.67. The third-order valence-corrected chi connectivity index (χ3v) is 6.27. The summed E-state index contributed by atoms with van der Waals surface area (Å²) in [7, 11) is -3.06. The van der Waals surface area contributed by atoms with Gasteiger partial charge in [-0.25, -0.2) is 8.42 Å². The first-order valence-electron chi connectivity index (χ1n) is 6.05. The van der Waals surface area contributed by atoms with Gasteiger partial charge in [0.05, 0.1) is 16.4 Å². The molecule has 1 aromatic rings. The lowest BCUT2D eigenvalue weighted by atomic mass is 10.2. The Bertz CT molecular complexity index is 599. The maximum Gasteiger partial charge on any atom is 0.262 e. The summed E-state index contributed by atoms with van der Waals surface area (Å²) in [5.41, 5.74) is 0. The molecule has 1 aliphatic rings. The van der Waals surface area contributed by atoms with Crippen molar-refractivity contribution in [2.24, 2.45) is 0 Å². The number of sulfone groups is 1. The number of alkyl halides is 3. The molecule has 0 unspecified atom stereocenters. The largest absolute Gasteiger partial charge is 0.332 e. The third-order valence-electron chi connectivity index (χ3n) is 2.98. The van der Waals surface area contributed by atoms with Crippen molar-refractivity contribution in [1.29, 1.82) is 0 Å². The van der Waals surface area contributed by atoms with Crippen molar-refractivity contribution in [3.05, 3.63) is 22.4 Å². The maximum atomic E-state index is 12.0. The second kappa shape index (κ2) is 6.60. The molecule has 1 saturated heterocycles. The molecule has 0 radical (unpaired) electrons. The number of amides is 1. The second-order valence-electron chi connectivity index (χ2n) is 4.69. The van der Waals surface area contributed by atoms with Gasteiger partial charge in [0.2, 0.25) is 3.79 Å². The van der Waals surface area contributed by atoms with Gasteiger partial charge in [0.15, 0.2) is 9.84 Å². The molecule has 0 spiro atoms. The Kier molecular flexibility index (Phi) is 5.44. The molecule has 2 atom stereocenters. The second-order valence-corrected chi connectivity index (χ2v) is 10.2. The van der Waals surface area contributed by atoms with Gasteiger partial charge in [-0.3, -0.25) is 10.1 Å². The van der Waals surface area contributed by atoms with Gasteiger partial charge in [-0.05, 0) is 17.9 Å². The van der Waals surface area contributed by atoms with Crippen LogP contribution in [-0.4, -0.2) is 41.8 Å². The van der Waals surface area contributed by atoms with Crippen molar-refractivity contribution in [3.63, 3.8) is 0 Å². The molecule has 1 fully saturated rings. The third kappa shape index (κ3) is 4.97. The number of carbonyl (C=O) groups is 1. The monoisotopic (exact) mass is 390 g/mol. The summed E-state index contributed by atoms with van der Waals surface area (Å²) in [6.07, 6.45) is -0.551. The van der Waals surface area contributed by atoms with Crippen LogP contribution in [0.2, 0.25) is 0 Å². The van der Waals surface area contributed by atoms with Gasteiger partial charge in [-0.2, -0.15) is 0 Å². The molecule has 21 heavy (non-hydrogen) atoms. The van der Waals surface area contributed by atoms with Crippen molar-refractivity contribution in [2.75, 3.05) is 11.5 Å². The summed E-state index contributed by atoms with van der Waals surface area (Å²) in [5, 5.41) is 7.25. The number of hydrogen-bond donors (Lipinski definition) is 2. The Morgan fingerprint density at radius 2 is 2.14 bits per heavy atom. The lowest BCUT2D eigenvalue weighted by Gasteiger charge is -2.28.